The molecule has 1 heterocycles. The van der Waals surface area contributed by atoms with Crippen molar-refractivity contribution in [1.82, 2.24) is 4.98 Å². The SMILES string of the molecule is COc1ccc(/C=C/C(=O)c2c(C)[nH]c(C(=O)O)c2C)cc1Br. The Balaban J connectivity index is 2.29. The Bertz CT molecular complexity index is 805. The van der Waals surface area contributed by atoms with Gasteiger partial charge in [0.15, 0.2) is 5.78 Å². The van der Waals surface area contributed by atoms with Crippen LogP contribution in [0.2, 0.25) is 0 Å². The highest BCUT2D eigenvalue weighted by Gasteiger charge is 2.19. The van der Waals surface area contributed by atoms with Crippen molar-refractivity contribution in [3.05, 3.63) is 56.8 Å². The maximum Gasteiger partial charge on any atom is 0.352 e. The van der Waals surface area contributed by atoms with E-state index in [4.69, 9.17) is 9.84 Å². The predicted molar refractivity (Wildman–Crippen MR) is 91.3 cm³/mol. The van der Waals surface area contributed by atoms with Gasteiger partial charge in [-0.15, -0.1) is 0 Å². The highest BCUT2D eigenvalue weighted by Crippen LogP contribution is 2.26. The van der Waals surface area contributed by atoms with Crippen molar-refractivity contribution in [2.24, 2.45) is 0 Å². The number of hydrogen-bond acceptors (Lipinski definition) is 3. The number of carbonyl (C=O) groups excluding carboxylic acids is 1. The number of carbonyl (C=O) groups is 2. The van der Waals surface area contributed by atoms with Gasteiger partial charge >= 0.3 is 5.97 Å². The first-order valence-corrected chi connectivity index (χ1v) is 7.62. The monoisotopic (exact) mass is 377 g/mol. The predicted octanol–water partition coefficient (Wildman–Crippen LogP) is 4.00. The Hall–Kier alpha value is -2.34. The number of halogens is 1. The first-order chi connectivity index (χ1) is 10.8. The molecule has 5 nitrogen and oxygen atoms in total. The lowest BCUT2D eigenvalue weighted by Crippen LogP contribution is -2.01. The molecule has 0 fully saturated rings. The number of hydrogen-bond donors (Lipinski definition) is 2. The summed E-state index contributed by atoms with van der Waals surface area (Å²) in [4.78, 5) is 26.2. The molecule has 0 saturated heterocycles. The molecule has 0 amide bonds. The summed E-state index contributed by atoms with van der Waals surface area (Å²) in [6, 6.07) is 5.46. The van der Waals surface area contributed by atoms with E-state index in [1.165, 1.54) is 6.08 Å². The molecule has 0 aliphatic heterocycles. The van der Waals surface area contributed by atoms with Crippen LogP contribution in [0.15, 0.2) is 28.7 Å². The minimum Gasteiger partial charge on any atom is -0.496 e. The minimum absolute atomic E-state index is 0.0476. The Kier molecular flexibility index (Phi) is 5.05. The van der Waals surface area contributed by atoms with E-state index in [0.717, 1.165) is 10.0 Å². The van der Waals surface area contributed by atoms with Crippen LogP contribution in [0.4, 0.5) is 0 Å². The lowest BCUT2D eigenvalue weighted by atomic mass is 10.0. The van der Waals surface area contributed by atoms with Crippen molar-refractivity contribution in [2.45, 2.75) is 13.8 Å². The number of aromatic amines is 1. The summed E-state index contributed by atoms with van der Waals surface area (Å²) in [6.07, 6.45) is 3.11. The normalized spacial score (nSPS) is 11.0. The highest BCUT2D eigenvalue weighted by atomic mass is 79.9. The van der Waals surface area contributed by atoms with Gasteiger partial charge in [-0.2, -0.15) is 0 Å². The standard InChI is InChI=1S/C17H16BrNO4/c1-9-15(10(2)19-16(9)17(21)22)13(20)6-4-11-5-7-14(23-3)12(18)8-11/h4-8,19H,1-3H3,(H,21,22)/b6-4+. The summed E-state index contributed by atoms with van der Waals surface area (Å²) >= 11 is 3.39. The van der Waals surface area contributed by atoms with Crippen molar-refractivity contribution in [3.63, 3.8) is 0 Å². The second-order valence-electron chi connectivity index (χ2n) is 5.02. The zero-order valence-electron chi connectivity index (χ0n) is 12.9. The Morgan fingerprint density at radius 1 is 1.30 bits per heavy atom. The molecule has 6 heteroatoms. The number of H-pyrrole nitrogens is 1. The molecule has 0 bridgehead atoms. The zero-order valence-corrected chi connectivity index (χ0v) is 14.5. The third-order valence-corrected chi connectivity index (χ3v) is 4.12. The van der Waals surface area contributed by atoms with Crippen molar-refractivity contribution in [2.75, 3.05) is 7.11 Å². The number of carboxylic acid groups (broad SMARTS) is 1. The molecule has 120 valence electrons. The van der Waals surface area contributed by atoms with Crippen LogP contribution >= 0.6 is 15.9 Å². The molecule has 0 spiro atoms. The van der Waals surface area contributed by atoms with Crippen molar-refractivity contribution >= 4 is 33.8 Å². The van der Waals surface area contributed by atoms with E-state index in [1.54, 1.807) is 33.1 Å². The molecule has 1 aromatic heterocycles. The maximum atomic E-state index is 12.4. The van der Waals surface area contributed by atoms with Gasteiger partial charge in [0.2, 0.25) is 0 Å². The van der Waals surface area contributed by atoms with Crippen molar-refractivity contribution in [1.29, 1.82) is 0 Å². The first-order valence-electron chi connectivity index (χ1n) is 6.83. The number of methoxy groups -OCH3 is 1. The van der Waals surface area contributed by atoms with Crippen LogP contribution in [0.1, 0.15) is 37.7 Å². The van der Waals surface area contributed by atoms with E-state index in [-0.39, 0.29) is 11.5 Å². The number of ether oxygens (including phenoxy) is 1. The van der Waals surface area contributed by atoms with Crippen LogP contribution in [0.5, 0.6) is 5.75 Å². The topological polar surface area (TPSA) is 79.4 Å². The minimum atomic E-state index is -1.08. The Morgan fingerprint density at radius 2 is 2.00 bits per heavy atom. The van der Waals surface area contributed by atoms with Crippen LogP contribution < -0.4 is 4.74 Å². The third-order valence-electron chi connectivity index (χ3n) is 3.50. The fraction of sp³-hybridized carbons (Fsp3) is 0.176. The van der Waals surface area contributed by atoms with Gasteiger partial charge in [0.25, 0.3) is 0 Å². The average molecular weight is 378 g/mol. The highest BCUT2D eigenvalue weighted by molar-refractivity contribution is 9.10. The van der Waals surface area contributed by atoms with Gasteiger partial charge < -0.3 is 14.8 Å². The van der Waals surface area contributed by atoms with E-state index >= 15 is 0 Å². The summed E-state index contributed by atoms with van der Waals surface area (Å²) in [6.45, 7) is 3.31. The molecule has 2 N–H and O–H groups in total. The molecule has 0 saturated carbocycles. The number of aromatic nitrogens is 1. The Labute approximate surface area is 142 Å². The van der Waals surface area contributed by atoms with Gasteiger partial charge in [-0.1, -0.05) is 12.1 Å². The number of allylic oxidation sites excluding steroid dienone is 1. The Morgan fingerprint density at radius 3 is 2.52 bits per heavy atom. The molecule has 2 aromatic rings. The number of benzene rings is 1. The molecule has 0 unspecified atom stereocenters. The first kappa shape index (κ1) is 17.0. The second-order valence-corrected chi connectivity index (χ2v) is 5.88. The number of carboxylic acids is 1. The number of aryl methyl sites for hydroxylation is 1. The van der Waals surface area contributed by atoms with Crippen LogP contribution in [-0.4, -0.2) is 29.0 Å². The number of ketones is 1. The molecule has 0 aliphatic rings. The molecule has 0 aliphatic carbocycles. The molecule has 0 atom stereocenters. The lowest BCUT2D eigenvalue weighted by molar-refractivity contribution is 0.0690. The number of nitrogens with one attached hydrogen (secondary N) is 1. The molecule has 1 aromatic carbocycles. The second kappa shape index (κ2) is 6.83. The fourth-order valence-electron chi connectivity index (χ4n) is 2.38. The van der Waals surface area contributed by atoms with E-state index in [2.05, 4.69) is 20.9 Å². The summed E-state index contributed by atoms with van der Waals surface area (Å²) in [5, 5.41) is 9.10. The molecule has 0 radical (unpaired) electrons. The van der Waals surface area contributed by atoms with Gasteiger partial charge in [-0.3, -0.25) is 4.79 Å². The molecule has 2 rings (SSSR count). The largest absolute Gasteiger partial charge is 0.496 e. The van der Waals surface area contributed by atoms with Gasteiger partial charge in [0, 0.05) is 11.3 Å². The van der Waals surface area contributed by atoms with Crippen molar-refractivity contribution < 1.29 is 19.4 Å². The van der Waals surface area contributed by atoms with E-state index in [1.807, 2.05) is 12.1 Å². The van der Waals surface area contributed by atoms with Gasteiger partial charge in [0.1, 0.15) is 11.4 Å². The fourth-order valence-corrected chi connectivity index (χ4v) is 2.93. The van der Waals surface area contributed by atoms with Gasteiger partial charge in [-0.05, 0) is 59.1 Å². The van der Waals surface area contributed by atoms with Crippen molar-refractivity contribution in [3.8, 4) is 5.75 Å². The third kappa shape index (κ3) is 3.53. The molecular weight excluding hydrogens is 362 g/mol. The van der Waals surface area contributed by atoms with E-state index < -0.39 is 5.97 Å². The van der Waals surface area contributed by atoms with Crippen LogP contribution in [-0.2, 0) is 0 Å². The van der Waals surface area contributed by atoms with Crippen LogP contribution in [0.3, 0.4) is 0 Å². The van der Waals surface area contributed by atoms with Crippen LogP contribution in [0, 0.1) is 13.8 Å². The number of aromatic carboxylic acids is 1. The average Bonchev–Trinajstić information content (AvgIpc) is 2.80. The quantitative estimate of drug-likeness (QED) is 0.609. The summed E-state index contributed by atoms with van der Waals surface area (Å²) in [7, 11) is 1.58. The molecular formula is C17H16BrNO4. The molecule has 23 heavy (non-hydrogen) atoms. The smallest absolute Gasteiger partial charge is 0.352 e. The van der Waals surface area contributed by atoms with E-state index in [9.17, 15) is 9.59 Å². The maximum absolute atomic E-state index is 12.4. The van der Waals surface area contributed by atoms with Gasteiger partial charge in [-0.25, -0.2) is 4.79 Å². The number of rotatable bonds is 5. The van der Waals surface area contributed by atoms with Crippen LogP contribution in [0.25, 0.3) is 6.08 Å². The van der Waals surface area contributed by atoms with E-state index in [0.29, 0.717) is 22.6 Å². The summed E-state index contributed by atoms with van der Waals surface area (Å²) in [5.41, 5.74) is 2.26. The zero-order chi connectivity index (χ0) is 17.1. The van der Waals surface area contributed by atoms with Gasteiger partial charge in [0.05, 0.1) is 11.6 Å². The summed E-state index contributed by atoms with van der Waals surface area (Å²) < 4.78 is 5.94. The lowest BCUT2D eigenvalue weighted by Gasteiger charge is -2.03. The summed E-state index contributed by atoms with van der Waals surface area (Å²) in [5.74, 6) is -0.611.